The summed E-state index contributed by atoms with van der Waals surface area (Å²) >= 11 is 0. The average molecular weight is 687 g/mol. The summed E-state index contributed by atoms with van der Waals surface area (Å²) in [5.74, 6) is -5.05. The molecule has 0 bridgehead atoms. The van der Waals surface area contributed by atoms with E-state index in [9.17, 15) is 61.0 Å². The largest absolute Gasteiger partial charge is 0.504 e. The highest BCUT2D eigenvalue weighted by Gasteiger charge is 2.47. The first-order valence-corrected chi connectivity index (χ1v) is 14.2. The third-order valence-corrected chi connectivity index (χ3v) is 7.97. The van der Waals surface area contributed by atoms with Gasteiger partial charge in [-0.25, -0.2) is 0 Å². The SMILES string of the molecule is COc1cc(-c2cc(=O)c3c(O)c(OC4O[C@H](CO)[C@@H](O)[C@H](O)[C@H]4O)c(O)c(OC4O[C@H](CO)[C@@H](O)[C@H](O)[C@H]4O)c3o2)cc(OC)c1O. The standard InChI is InChI=1S/C29H34O19/c1-42-11-3-8(4-12(43-2)16(11)33)10-5-9(32)15-19(36)26(47-28-22(39)20(37)17(34)13(6-30)45-28)24(41)27(25(15)44-10)48-29-23(40)21(38)18(35)14(7-31)46-29/h3-5,13-14,17-18,20-23,28-31,33-41H,6-7H2,1-2H3/t13-,14-,17-,18-,20+,21+,22-,23-,28?,29?/m1/s1. The van der Waals surface area contributed by atoms with Crippen molar-refractivity contribution in [1.29, 1.82) is 0 Å². The van der Waals surface area contributed by atoms with Crippen LogP contribution in [0.1, 0.15) is 0 Å². The normalized spacial score (nSPS) is 30.6. The van der Waals surface area contributed by atoms with Crippen LogP contribution in [-0.4, -0.2) is 145 Å². The van der Waals surface area contributed by atoms with Crippen LogP contribution in [-0.2, 0) is 9.47 Å². The van der Waals surface area contributed by atoms with E-state index in [1.807, 2.05) is 0 Å². The molecular weight excluding hydrogens is 652 g/mol. The summed E-state index contributed by atoms with van der Waals surface area (Å²) < 4.78 is 38.0. The van der Waals surface area contributed by atoms with Crippen LogP contribution in [0.15, 0.2) is 27.4 Å². The number of hydrogen-bond acceptors (Lipinski definition) is 19. The summed E-state index contributed by atoms with van der Waals surface area (Å²) in [5.41, 5.74) is -1.65. The smallest absolute Gasteiger partial charge is 0.229 e. The summed E-state index contributed by atoms with van der Waals surface area (Å²) in [5, 5.41) is 113. The molecule has 5 rings (SSSR count). The van der Waals surface area contributed by atoms with E-state index in [1.54, 1.807) is 0 Å². The van der Waals surface area contributed by atoms with Crippen molar-refractivity contribution in [2.75, 3.05) is 27.4 Å². The highest BCUT2D eigenvalue weighted by molar-refractivity contribution is 5.95. The number of phenolic OH excluding ortho intramolecular Hbond substituents is 3. The first-order chi connectivity index (χ1) is 22.8. The van der Waals surface area contributed by atoms with Gasteiger partial charge in [0.25, 0.3) is 0 Å². The van der Waals surface area contributed by atoms with E-state index in [2.05, 4.69) is 0 Å². The molecular formula is C29H34O19. The molecule has 19 nitrogen and oxygen atoms in total. The van der Waals surface area contributed by atoms with Gasteiger partial charge in [-0.05, 0) is 12.1 Å². The highest BCUT2D eigenvalue weighted by Crippen LogP contribution is 2.51. The van der Waals surface area contributed by atoms with E-state index in [4.69, 9.17) is 32.8 Å². The zero-order valence-electron chi connectivity index (χ0n) is 25.1. The molecule has 0 spiro atoms. The second-order valence-corrected chi connectivity index (χ2v) is 10.9. The number of aliphatic hydroxyl groups excluding tert-OH is 8. The molecule has 2 saturated heterocycles. The Morgan fingerprint density at radius 2 is 1.12 bits per heavy atom. The van der Waals surface area contributed by atoms with Gasteiger partial charge in [0.2, 0.25) is 35.6 Å². The summed E-state index contributed by atoms with van der Waals surface area (Å²) in [6.45, 7) is -1.71. The Labute approximate surface area is 269 Å². The second-order valence-electron chi connectivity index (χ2n) is 10.9. The van der Waals surface area contributed by atoms with E-state index >= 15 is 0 Å². The maximum Gasteiger partial charge on any atom is 0.229 e. The minimum Gasteiger partial charge on any atom is -0.504 e. The minimum absolute atomic E-state index is 0.0694. The van der Waals surface area contributed by atoms with Crippen LogP contribution in [0.3, 0.4) is 0 Å². The van der Waals surface area contributed by atoms with Crippen LogP contribution in [0.2, 0.25) is 0 Å². The molecule has 3 heterocycles. The summed E-state index contributed by atoms with van der Waals surface area (Å²) in [6.07, 6.45) is -18.5. The highest BCUT2D eigenvalue weighted by atomic mass is 16.7. The predicted octanol–water partition coefficient (Wildman–Crippen LogP) is -3.05. The summed E-state index contributed by atoms with van der Waals surface area (Å²) in [6, 6.07) is 3.41. The van der Waals surface area contributed by atoms with Crippen molar-refractivity contribution in [1.82, 2.24) is 0 Å². The van der Waals surface area contributed by atoms with Crippen molar-refractivity contribution < 1.29 is 89.0 Å². The van der Waals surface area contributed by atoms with E-state index in [1.165, 1.54) is 26.4 Å². The van der Waals surface area contributed by atoms with Gasteiger partial charge in [-0.3, -0.25) is 4.79 Å². The maximum atomic E-state index is 13.6. The molecule has 2 aromatic carbocycles. The minimum atomic E-state index is -2.04. The molecule has 264 valence electrons. The number of phenols is 3. The van der Waals surface area contributed by atoms with Crippen LogP contribution < -0.4 is 24.4 Å². The Balaban J connectivity index is 1.71. The quantitative estimate of drug-likeness (QED) is 0.106. The van der Waals surface area contributed by atoms with Crippen molar-refractivity contribution in [3.05, 3.63) is 28.4 Å². The number of fused-ring (bicyclic) bond motifs is 1. The molecule has 10 atom stereocenters. The van der Waals surface area contributed by atoms with Crippen molar-refractivity contribution in [2.24, 2.45) is 0 Å². The molecule has 0 radical (unpaired) electrons. The number of ether oxygens (including phenoxy) is 6. The van der Waals surface area contributed by atoms with Gasteiger partial charge in [-0.15, -0.1) is 0 Å². The molecule has 3 aromatic rings. The third-order valence-electron chi connectivity index (χ3n) is 7.97. The van der Waals surface area contributed by atoms with Gasteiger partial charge in [0.05, 0.1) is 27.4 Å². The number of methoxy groups -OCH3 is 2. The van der Waals surface area contributed by atoms with E-state index in [0.29, 0.717) is 0 Å². The topological polar surface area (TPSA) is 308 Å². The molecule has 0 aliphatic carbocycles. The van der Waals surface area contributed by atoms with Crippen LogP contribution >= 0.6 is 0 Å². The van der Waals surface area contributed by atoms with Gasteiger partial charge in [0.1, 0.15) is 60.0 Å². The van der Waals surface area contributed by atoms with Gasteiger partial charge in [-0.1, -0.05) is 0 Å². The lowest BCUT2D eigenvalue weighted by atomic mass is 9.99. The summed E-state index contributed by atoms with van der Waals surface area (Å²) in [7, 11) is 2.49. The molecule has 19 heteroatoms. The number of rotatable bonds is 9. The Morgan fingerprint density at radius 1 is 0.646 bits per heavy atom. The zero-order valence-corrected chi connectivity index (χ0v) is 25.1. The fourth-order valence-electron chi connectivity index (χ4n) is 5.27. The Hall–Kier alpha value is -4.15. The van der Waals surface area contributed by atoms with Crippen LogP contribution in [0.5, 0.6) is 40.2 Å². The molecule has 48 heavy (non-hydrogen) atoms. The van der Waals surface area contributed by atoms with E-state index < -0.39 is 114 Å². The lowest BCUT2D eigenvalue weighted by Gasteiger charge is -2.40. The van der Waals surface area contributed by atoms with E-state index in [-0.39, 0.29) is 28.6 Å². The van der Waals surface area contributed by atoms with Crippen LogP contribution in [0.25, 0.3) is 22.3 Å². The number of aliphatic hydroxyl groups is 8. The monoisotopic (exact) mass is 686 g/mol. The molecule has 0 amide bonds. The molecule has 2 unspecified atom stereocenters. The molecule has 2 aliphatic heterocycles. The fourth-order valence-corrected chi connectivity index (χ4v) is 5.27. The zero-order chi connectivity index (χ0) is 35.2. The molecule has 2 aliphatic rings. The second kappa shape index (κ2) is 13.8. The summed E-state index contributed by atoms with van der Waals surface area (Å²) in [4.78, 5) is 13.6. The average Bonchev–Trinajstić information content (AvgIpc) is 3.07. The van der Waals surface area contributed by atoms with Crippen molar-refractivity contribution >= 4 is 11.0 Å². The number of benzene rings is 2. The molecule has 0 saturated carbocycles. The number of aromatic hydroxyl groups is 3. The van der Waals surface area contributed by atoms with Gasteiger partial charge in [0.15, 0.2) is 28.3 Å². The fraction of sp³-hybridized carbons (Fsp3) is 0.483. The van der Waals surface area contributed by atoms with E-state index in [0.717, 1.165) is 6.07 Å². The first kappa shape index (κ1) is 35.2. The van der Waals surface area contributed by atoms with Gasteiger partial charge < -0.3 is 89.0 Å². The van der Waals surface area contributed by atoms with Crippen LogP contribution in [0.4, 0.5) is 0 Å². The van der Waals surface area contributed by atoms with Gasteiger partial charge in [0, 0.05) is 11.6 Å². The molecule has 1 aromatic heterocycles. The Kier molecular flexibility index (Phi) is 10.1. The lowest BCUT2D eigenvalue weighted by molar-refractivity contribution is -0.279. The van der Waals surface area contributed by atoms with Crippen molar-refractivity contribution in [2.45, 2.75) is 61.4 Å². The lowest BCUT2D eigenvalue weighted by Crippen LogP contribution is -2.60. The first-order valence-electron chi connectivity index (χ1n) is 14.2. The van der Waals surface area contributed by atoms with Crippen LogP contribution in [0, 0.1) is 0 Å². The van der Waals surface area contributed by atoms with Gasteiger partial charge in [-0.2, -0.15) is 0 Å². The molecule has 11 N–H and O–H groups in total. The molecule has 2 fully saturated rings. The predicted molar refractivity (Wildman–Crippen MR) is 155 cm³/mol. The maximum absolute atomic E-state index is 13.6. The Morgan fingerprint density at radius 3 is 1.58 bits per heavy atom. The van der Waals surface area contributed by atoms with Gasteiger partial charge >= 0.3 is 0 Å². The van der Waals surface area contributed by atoms with Crippen molar-refractivity contribution in [3.63, 3.8) is 0 Å². The van der Waals surface area contributed by atoms with Crippen molar-refractivity contribution in [3.8, 4) is 51.6 Å². The Bertz CT molecular complexity index is 1660. The number of hydrogen-bond donors (Lipinski definition) is 11. The third kappa shape index (κ3) is 6.00.